The lowest BCUT2D eigenvalue weighted by Crippen LogP contribution is -2.31. The van der Waals surface area contributed by atoms with Crippen molar-refractivity contribution in [2.45, 2.75) is 53.5 Å². The highest BCUT2D eigenvalue weighted by Gasteiger charge is 2.26. The summed E-state index contributed by atoms with van der Waals surface area (Å²) < 4.78 is 1.57. The Balaban J connectivity index is 2.64. The molecule has 3 N–H and O–H groups in total. The summed E-state index contributed by atoms with van der Waals surface area (Å²) in [6.45, 7) is 9.79. The van der Waals surface area contributed by atoms with Crippen molar-refractivity contribution in [2.24, 2.45) is 11.1 Å². The lowest BCUT2D eigenvalue weighted by atomic mass is 9.82. The lowest BCUT2D eigenvalue weighted by Gasteiger charge is -2.24. The molecule has 2 aromatic rings. The van der Waals surface area contributed by atoms with E-state index in [2.05, 4.69) is 10.3 Å². The van der Waals surface area contributed by atoms with Gasteiger partial charge in [-0.05, 0) is 44.2 Å². The molecule has 6 nitrogen and oxygen atoms in total. The third-order valence-electron chi connectivity index (χ3n) is 3.88. The molecule has 0 aliphatic rings. The number of amides is 1. The number of nitrogens with two attached hydrogens (primary N) is 1. The molecule has 0 bridgehead atoms. The van der Waals surface area contributed by atoms with E-state index in [4.69, 9.17) is 5.73 Å². The standard InChI is InChI=1S/C18H26N4O2/c1-11(2)20-15-13(9-18(4,5)10-14(19)23)17(24)22-8-6-7-12(3)16(22)21-15/h6-8,11,20H,9-10H2,1-5H3,(H2,19,23). The van der Waals surface area contributed by atoms with Crippen LogP contribution in [0.5, 0.6) is 0 Å². The number of carbonyl (C=O) groups is 1. The molecule has 2 heterocycles. The van der Waals surface area contributed by atoms with Crippen LogP contribution in [0.2, 0.25) is 0 Å². The van der Waals surface area contributed by atoms with Crippen LogP contribution in [0.1, 0.15) is 45.2 Å². The lowest BCUT2D eigenvalue weighted by molar-refractivity contribution is -0.119. The van der Waals surface area contributed by atoms with Crippen molar-refractivity contribution >= 4 is 17.4 Å². The maximum Gasteiger partial charge on any atom is 0.263 e. The maximum atomic E-state index is 13.0. The van der Waals surface area contributed by atoms with Crippen molar-refractivity contribution in [3.8, 4) is 0 Å². The Bertz CT molecular complexity index is 822. The Labute approximate surface area is 142 Å². The van der Waals surface area contributed by atoms with Crippen molar-refractivity contribution in [3.05, 3.63) is 39.8 Å². The average molecular weight is 330 g/mol. The van der Waals surface area contributed by atoms with Crippen LogP contribution < -0.4 is 16.6 Å². The Morgan fingerprint density at radius 1 is 1.42 bits per heavy atom. The summed E-state index contributed by atoms with van der Waals surface area (Å²) in [7, 11) is 0. The topological polar surface area (TPSA) is 89.5 Å². The summed E-state index contributed by atoms with van der Waals surface area (Å²) in [5.41, 5.74) is 6.98. The molecule has 0 saturated carbocycles. The van der Waals surface area contributed by atoms with Gasteiger partial charge in [0.2, 0.25) is 5.91 Å². The van der Waals surface area contributed by atoms with Gasteiger partial charge >= 0.3 is 0 Å². The van der Waals surface area contributed by atoms with Gasteiger partial charge in [-0.1, -0.05) is 19.9 Å². The number of carbonyl (C=O) groups excluding carboxylic acids is 1. The van der Waals surface area contributed by atoms with Gasteiger partial charge in [0.25, 0.3) is 5.56 Å². The van der Waals surface area contributed by atoms with Gasteiger partial charge in [-0.3, -0.25) is 14.0 Å². The average Bonchev–Trinajstić information content (AvgIpc) is 2.42. The van der Waals surface area contributed by atoms with Gasteiger partial charge in [-0.25, -0.2) is 4.98 Å². The third-order valence-corrected chi connectivity index (χ3v) is 3.88. The van der Waals surface area contributed by atoms with Crippen molar-refractivity contribution in [2.75, 3.05) is 5.32 Å². The Morgan fingerprint density at radius 2 is 2.08 bits per heavy atom. The van der Waals surface area contributed by atoms with E-state index in [1.54, 1.807) is 10.6 Å². The molecule has 0 fully saturated rings. The first-order valence-electron chi connectivity index (χ1n) is 8.16. The molecule has 6 heteroatoms. The molecule has 2 aromatic heterocycles. The number of primary amides is 1. The summed E-state index contributed by atoms with van der Waals surface area (Å²) in [6.07, 6.45) is 2.36. The van der Waals surface area contributed by atoms with Crippen molar-refractivity contribution in [1.82, 2.24) is 9.38 Å². The number of hydrogen-bond donors (Lipinski definition) is 2. The molecule has 0 aromatic carbocycles. The smallest absolute Gasteiger partial charge is 0.263 e. The predicted molar refractivity (Wildman–Crippen MR) is 96.3 cm³/mol. The summed E-state index contributed by atoms with van der Waals surface area (Å²) in [6, 6.07) is 3.90. The molecule has 0 atom stereocenters. The quantitative estimate of drug-likeness (QED) is 0.850. The molecule has 130 valence electrons. The number of anilines is 1. The van der Waals surface area contributed by atoms with E-state index in [9.17, 15) is 9.59 Å². The summed E-state index contributed by atoms with van der Waals surface area (Å²) in [4.78, 5) is 29.0. The number of aryl methyl sites for hydroxylation is 1. The Morgan fingerprint density at radius 3 is 2.67 bits per heavy atom. The number of fused-ring (bicyclic) bond motifs is 1. The number of pyridine rings is 1. The summed E-state index contributed by atoms with van der Waals surface area (Å²) in [5, 5.41) is 3.27. The molecular formula is C18H26N4O2. The number of aromatic nitrogens is 2. The highest BCUT2D eigenvalue weighted by Crippen LogP contribution is 2.27. The highest BCUT2D eigenvalue weighted by atomic mass is 16.1. The molecule has 0 spiro atoms. The van der Waals surface area contributed by atoms with Crippen molar-refractivity contribution < 1.29 is 4.79 Å². The minimum Gasteiger partial charge on any atom is -0.370 e. The second kappa shape index (κ2) is 6.63. The second-order valence-electron chi connectivity index (χ2n) is 7.41. The Kier molecular flexibility index (Phi) is 4.96. The highest BCUT2D eigenvalue weighted by molar-refractivity contribution is 5.74. The van der Waals surface area contributed by atoms with Gasteiger partial charge in [0.15, 0.2) is 0 Å². The van der Waals surface area contributed by atoms with Gasteiger partial charge in [-0.2, -0.15) is 0 Å². The van der Waals surface area contributed by atoms with E-state index < -0.39 is 5.41 Å². The molecule has 2 rings (SSSR count). The minimum absolute atomic E-state index is 0.107. The van der Waals surface area contributed by atoms with E-state index in [1.165, 1.54) is 0 Å². The fraction of sp³-hybridized carbons (Fsp3) is 0.500. The summed E-state index contributed by atoms with van der Waals surface area (Å²) in [5.74, 6) is 0.213. The first-order valence-corrected chi connectivity index (χ1v) is 8.16. The fourth-order valence-electron chi connectivity index (χ4n) is 2.90. The van der Waals surface area contributed by atoms with Crippen LogP contribution >= 0.6 is 0 Å². The number of hydrogen-bond acceptors (Lipinski definition) is 4. The molecule has 0 saturated heterocycles. The zero-order valence-electron chi connectivity index (χ0n) is 15.0. The van der Waals surface area contributed by atoms with E-state index >= 15 is 0 Å². The van der Waals surface area contributed by atoms with E-state index in [0.29, 0.717) is 23.4 Å². The van der Waals surface area contributed by atoms with Gasteiger partial charge in [0.1, 0.15) is 11.5 Å². The van der Waals surface area contributed by atoms with Gasteiger partial charge < -0.3 is 11.1 Å². The van der Waals surface area contributed by atoms with Gasteiger partial charge in [-0.15, -0.1) is 0 Å². The molecule has 0 radical (unpaired) electrons. The van der Waals surface area contributed by atoms with Crippen LogP contribution in [0.4, 0.5) is 5.82 Å². The zero-order valence-corrected chi connectivity index (χ0v) is 15.0. The van der Waals surface area contributed by atoms with Gasteiger partial charge in [0.05, 0.1) is 5.56 Å². The van der Waals surface area contributed by atoms with Crippen molar-refractivity contribution in [1.29, 1.82) is 0 Å². The number of nitrogens with zero attached hydrogens (tertiary/aromatic N) is 2. The van der Waals surface area contributed by atoms with Crippen LogP contribution in [-0.4, -0.2) is 21.3 Å². The minimum atomic E-state index is -0.419. The van der Waals surface area contributed by atoms with Gasteiger partial charge in [0, 0.05) is 18.7 Å². The normalized spacial score (nSPS) is 11.9. The van der Waals surface area contributed by atoms with E-state index in [0.717, 1.165) is 5.56 Å². The van der Waals surface area contributed by atoms with Crippen LogP contribution in [0.25, 0.3) is 5.65 Å². The van der Waals surface area contributed by atoms with E-state index in [1.807, 2.05) is 46.8 Å². The maximum absolute atomic E-state index is 13.0. The predicted octanol–water partition coefficient (Wildman–Crippen LogP) is 2.27. The SMILES string of the molecule is Cc1cccn2c(=O)c(CC(C)(C)CC(N)=O)c(NC(C)C)nc12. The number of nitrogens with one attached hydrogen (secondary N) is 1. The molecule has 1 amide bonds. The third kappa shape index (κ3) is 3.93. The van der Waals surface area contributed by atoms with E-state index in [-0.39, 0.29) is 23.9 Å². The fourth-order valence-corrected chi connectivity index (χ4v) is 2.90. The van der Waals surface area contributed by atoms with Crippen LogP contribution in [-0.2, 0) is 11.2 Å². The molecule has 0 unspecified atom stereocenters. The Hall–Kier alpha value is -2.37. The summed E-state index contributed by atoms with van der Waals surface area (Å²) >= 11 is 0. The number of rotatable bonds is 6. The largest absolute Gasteiger partial charge is 0.370 e. The monoisotopic (exact) mass is 330 g/mol. The second-order valence-corrected chi connectivity index (χ2v) is 7.41. The van der Waals surface area contributed by atoms with Crippen LogP contribution in [0.3, 0.4) is 0 Å². The first-order chi connectivity index (χ1) is 11.1. The molecule has 0 aliphatic heterocycles. The molecule has 0 aliphatic carbocycles. The molecular weight excluding hydrogens is 304 g/mol. The van der Waals surface area contributed by atoms with Crippen LogP contribution in [0, 0.1) is 12.3 Å². The van der Waals surface area contributed by atoms with Crippen molar-refractivity contribution in [3.63, 3.8) is 0 Å². The van der Waals surface area contributed by atoms with Crippen LogP contribution in [0.15, 0.2) is 23.1 Å². The first kappa shape index (κ1) is 18.0. The zero-order chi connectivity index (χ0) is 18.1. The molecule has 24 heavy (non-hydrogen) atoms.